The fourth-order valence-corrected chi connectivity index (χ4v) is 2.77. The van der Waals surface area contributed by atoms with E-state index in [-0.39, 0.29) is 0 Å². The van der Waals surface area contributed by atoms with Crippen molar-refractivity contribution in [2.24, 2.45) is 0 Å². The number of aromatic nitrogens is 2. The summed E-state index contributed by atoms with van der Waals surface area (Å²) in [6.45, 7) is 0.719. The maximum atomic E-state index is 8.97. The fourth-order valence-electron chi connectivity index (χ4n) is 2.33. The third kappa shape index (κ3) is 2.45. The second-order valence-electron chi connectivity index (χ2n) is 4.57. The average Bonchev–Trinajstić information content (AvgIpc) is 2.78. The molecule has 0 unspecified atom stereocenters. The molecule has 0 bridgehead atoms. The molecule has 0 aliphatic heterocycles. The lowest BCUT2D eigenvalue weighted by Gasteiger charge is -2.08. The molecule has 3 rings (SSSR count). The van der Waals surface area contributed by atoms with E-state index in [1.807, 2.05) is 36.4 Å². The van der Waals surface area contributed by atoms with Gasteiger partial charge in [-0.15, -0.1) is 0 Å². The van der Waals surface area contributed by atoms with E-state index in [1.54, 1.807) is 0 Å². The molecule has 0 saturated carbocycles. The minimum atomic E-state index is 0.322. The predicted molar refractivity (Wildman–Crippen MR) is 82.3 cm³/mol. The molecular weight excluding hydrogens is 314 g/mol. The number of nitriles is 1. The minimum absolute atomic E-state index is 0.322. The van der Waals surface area contributed by atoms with E-state index in [9.17, 15) is 0 Å². The van der Waals surface area contributed by atoms with E-state index < -0.39 is 0 Å². The van der Waals surface area contributed by atoms with Crippen molar-refractivity contribution in [1.82, 2.24) is 9.55 Å². The van der Waals surface area contributed by atoms with Crippen LogP contribution in [0.2, 0.25) is 0 Å². The van der Waals surface area contributed by atoms with Crippen molar-refractivity contribution < 1.29 is 0 Å². The lowest BCUT2D eigenvalue weighted by molar-refractivity contribution is 0.769. The normalized spacial score (nSPS) is 10.6. The van der Waals surface area contributed by atoms with Gasteiger partial charge in [0.05, 0.1) is 23.5 Å². The lowest BCUT2D eigenvalue weighted by Crippen LogP contribution is -2.04. The molecule has 0 spiro atoms. The fraction of sp³-hybridized carbons (Fsp3) is 0.125. The van der Waals surface area contributed by atoms with Crippen molar-refractivity contribution in [3.63, 3.8) is 0 Å². The summed E-state index contributed by atoms with van der Waals surface area (Å²) in [5, 5.41) is 8.97. The van der Waals surface area contributed by atoms with Crippen LogP contribution in [-0.2, 0) is 13.0 Å². The second-order valence-corrected chi connectivity index (χ2v) is 5.48. The van der Waals surface area contributed by atoms with Crippen molar-refractivity contribution in [2.45, 2.75) is 13.0 Å². The molecule has 0 aliphatic rings. The Bertz CT molecular complexity index is 799. The number of benzene rings is 2. The Morgan fingerprint density at radius 1 is 1.15 bits per heavy atom. The molecule has 0 saturated heterocycles. The SMILES string of the molecule is N#CCc1nc2ccccc2n1Cc1cccc(Br)c1. The van der Waals surface area contributed by atoms with Gasteiger partial charge in [0.15, 0.2) is 0 Å². The number of para-hydroxylation sites is 2. The molecule has 0 fully saturated rings. The van der Waals surface area contributed by atoms with Crippen molar-refractivity contribution in [2.75, 3.05) is 0 Å². The van der Waals surface area contributed by atoms with Crippen molar-refractivity contribution in [3.8, 4) is 6.07 Å². The first-order valence-electron chi connectivity index (χ1n) is 6.33. The molecule has 0 amide bonds. The molecule has 0 N–H and O–H groups in total. The number of hydrogen-bond acceptors (Lipinski definition) is 2. The Morgan fingerprint density at radius 3 is 2.80 bits per heavy atom. The van der Waals surface area contributed by atoms with Gasteiger partial charge in [0.2, 0.25) is 0 Å². The van der Waals surface area contributed by atoms with Gasteiger partial charge in [-0.05, 0) is 29.8 Å². The number of hydrogen-bond donors (Lipinski definition) is 0. The van der Waals surface area contributed by atoms with Crippen LogP contribution in [-0.4, -0.2) is 9.55 Å². The Kier molecular flexibility index (Phi) is 3.53. The van der Waals surface area contributed by atoms with Crippen LogP contribution in [0.4, 0.5) is 0 Å². The lowest BCUT2D eigenvalue weighted by atomic mass is 10.2. The molecule has 20 heavy (non-hydrogen) atoms. The molecule has 98 valence electrons. The topological polar surface area (TPSA) is 41.6 Å². The Morgan fingerprint density at radius 2 is 2.00 bits per heavy atom. The van der Waals surface area contributed by atoms with E-state index in [1.165, 1.54) is 5.56 Å². The Hall–Kier alpha value is -2.12. The molecule has 0 radical (unpaired) electrons. The van der Waals surface area contributed by atoms with E-state index in [2.05, 4.69) is 43.7 Å². The first-order chi connectivity index (χ1) is 9.78. The quantitative estimate of drug-likeness (QED) is 0.732. The molecule has 1 heterocycles. The van der Waals surface area contributed by atoms with Crippen LogP contribution in [0, 0.1) is 11.3 Å². The zero-order valence-electron chi connectivity index (χ0n) is 10.8. The third-order valence-corrected chi connectivity index (χ3v) is 3.69. The van der Waals surface area contributed by atoms with Gasteiger partial charge >= 0.3 is 0 Å². The number of rotatable bonds is 3. The van der Waals surface area contributed by atoms with Gasteiger partial charge in [-0.3, -0.25) is 0 Å². The Labute approximate surface area is 125 Å². The highest BCUT2D eigenvalue weighted by molar-refractivity contribution is 9.10. The van der Waals surface area contributed by atoms with E-state index in [4.69, 9.17) is 5.26 Å². The van der Waals surface area contributed by atoms with Crippen LogP contribution >= 0.6 is 15.9 Å². The highest BCUT2D eigenvalue weighted by Gasteiger charge is 2.10. The predicted octanol–water partition coefficient (Wildman–Crippen LogP) is 3.91. The van der Waals surface area contributed by atoms with Gasteiger partial charge in [0.1, 0.15) is 5.82 Å². The zero-order valence-corrected chi connectivity index (χ0v) is 12.3. The first-order valence-corrected chi connectivity index (χ1v) is 7.13. The molecule has 0 aliphatic carbocycles. The van der Waals surface area contributed by atoms with Crippen LogP contribution < -0.4 is 0 Å². The van der Waals surface area contributed by atoms with Crippen molar-refractivity contribution >= 4 is 27.0 Å². The van der Waals surface area contributed by atoms with Crippen molar-refractivity contribution in [3.05, 3.63) is 64.4 Å². The zero-order chi connectivity index (χ0) is 13.9. The van der Waals surface area contributed by atoms with Crippen molar-refractivity contribution in [1.29, 1.82) is 5.26 Å². The molecule has 3 nitrogen and oxygen atoms in total. The number of halogens is 1. The minimum Gasteiger partial charge on any atom is -0.323 e. The smallest absolute Gasteiger partial charge is 0.124 e. The molecule has 1 aromatic heterocycles. The summed E-state index contributed by atoms with van der Waals surface area (Å²) >= 11 is 3.49. The highest BCUT2D eigenvalue weighted by atomic mass is 79.9. The van der Waals surface area contributed by atoms with Crippen LogP contribution in [0.3, 0.4) is 0 Å². The van der Waals surface area contributed by atoms with Gasteiger partial charge in [-0.1, -0.05) is 40.2 Å². The first kappa shape index (κ1) is 12.9. The average molecular weight is 326 g/mol. The maximum Gasteiger partial charge on any atom is 0.124 e. The summed E-state index contributed by atoms with van der Waals surface area (Å²) in [5.41, 5.74) is 3.19. The Balaban J connectivity index is 2.09. The maximum absolute atomic E-state index is 8.97. The largest absolute Gasteiger partial charge is 0.323 e. The van der Waals surface area contributed by atoms with Gasteiger partial charge in [0, 0.05) is 11.0 Å². The number of fused-ring (bicyclic) bond motifs is 1. The standard InChI is InChI=1S/C16H12BrN3/c17-13-5-3-4-12(10-13)11-20-15-7-2-1-6-14(15)19-16(20)8-9-18/h1-7,10H,8,11H2. The van der Waals surface area contributed by atoms with Crippen LogP contribution in [0.15, 0.2) is 53.0 Å². The highest BCUT2D eigenvalue weighted by Crippen LogP contribution is 2.19. The number of nitrogens with zero attached hydrogens (tertiary/aromatic N) is 3. The van der Waals surface area contributed by atoms with E-state index >= 15 is 0 Å². The summed E-state index contributed by atoms with van der Waals surface area (Å²) in [4.78, 5) is 4.55. The third-order valence-electron chi connectivity index (χ3n) is 3.20. The second kappa shape index (κ2) is 5.48. The molecular formula is C16H12BrN3. The van der Waals surface area contributed by atoms with Gasteiger partial charge in [0.25, 0.3) is 0 Å². The van der Waals surface area contributed by atoms with Crippen LogP contribution in [0.25, 0.3) is 11.0 Å². The van der Waals surface area contributed by atoms with E-state index in [0.717, 1.165) is 27.9 Å². The summed E-state index contributed by atoms with van der Waals surface area (Å²) in [6.07, 6.45) is 0.322. The molecule has 3 aromatic rings. The summed E-state index contributed by atoms with van der Waals surface area (Å²) < 4.78 is 3.17. The van der Waals surface area contributed by atoms with Crippen LogP contribution in [0.1, 0.15) is 11.4 Å². The van der Waals surface area contributed by atoms with E-state index in [0.29, 0.717) is 6.42 Å². The number of imidazole rings is 1. The monoisotopic (exact) mass is 325 g/mol. The molecule has 0 atom stereocenters. The summed E-state index contributed by atoms with van der Waals surface area (Å²) in [5.74, 6) is 0.814. The molecule has 2 aromatic carbocycles. The molecule has 4 heteroatoms. The summed E-state index contributed by atoms with van der Waals surface area (Å²) in [6, 6.07) is 18.4. The van der Waals surface area contributed by atoms with Gasteiger partial charge < -0.3 is 4.57 Å². The van der Waals surface area contributed by atoms with Crippen LogP contribution in [0.5, 0.6) is 0 Å². The van der Waals surface area contributed by atoms with Gasteiger partial charge in [-0.25, -0.2) is 4.98 Å². The van der Waals surface area contributed by atoms with Gasteiger partial charge in [-0.2, -0.15) is 5.26 Å². The summed E-state index contributed by atoms with van der Waals surface area (Å²) in [7, 11) is 0.